The molecule has 0 saturated heterocycles. The Labute approximate surface area is 231 Å². The number of carbonyl (C=O) groups excluding carboxylic acids is 1. The second-order valence-electron chi connectivity index (χ2n) is 9.69. The fourth-order valence-electron chi connectivity index (χ4n) is 4.25. The maximum Gasteiger partial charge on any atom is 0.416 e. The molecule has 2 aromatic carbocycles. The van der Waals surface area contributed by atoms with Crippen molar-refractivity contribution >= 4 is 17.5 Å². The summed E-state index contributed by atoms with van der Waals surface area (Å²) in [6, 6.07) is 12.9. The number of benzene rings is 2. The van der Waals surface area contributed by atoms with Crippen molar-refractivity contribution in [1.29, 1.82) is 0 Å². The normalized spacial score (nSPS) is 14.3. The number of hydrogen-bond acceptors (Lipinski definition) is 6. The van der Waals surface area contributed by atoms with E-state index in [0.29, 0.717) is 34.3 Å². The van der Waals surface area contributed by atoms with E-state index in [9.17, 15) is 27.9 Å². The highest BCUT2D eigenvalue weighted by molar-refractivity contribution is 6.30. The van der Waals surface area contributed by atoms with Gasteiger partial charge in [-0.1, -0.05) is 23.7 Å². The highest BCUT2D eigenvalue weighted by atomic mass is 35.5. The minimum absolute atomic E-state index is 0.0842. The lowest BCUT2D eigenvalue weighted by molar-refractivity contribution is -0.207. The molecule has 1 N–H and O–H groups in total. The lowest BCUT2D eigenvalue weighted by Gasteiger charge is -2.18. The smallest absolute Gasteiger partial charge is 0.382 e. The maximum absolute atomic E-state index is 13.1. The van der Waals surface area contributed by atoms with Crippen LogP contribution in [0.4, 0.5) is 13.2 Å². The summed E-state index contributed by atoms with van der Waals surface area (Å²) in [6.45, 7) is -0.647. The number of halogens is 4. The predicted molar refractivity (Wildman–Crippen MR) is 139 cm³/mol. The van der Waals surface area contributed by atoms with Gasteiger partial charge in [0.1, 0.15) is 12.9 Å². The van der Waals surface area contributed by atoms with Crippen molar-refractivity contribution in [2.45, 2.75) is 38.2 Å². The van der Waals surface area contributed by atoms with Crippen molar-refractivity contribution in [2.24, 2.45) is 5.92 Å². The number of alkyl halides is 3. The summed E-state index contributed by atoms with van der Waals surface area (Å²) >= 11 is 5.93. The Hall–Kier alpha value is -3.97. The number of hydrogen-bond donors (Lipinski definition) is 1. The SMILES string of the molecule is CN(CC1CC1)C(=O)c1ccccc1-n1cnc(Cn2nc(-c3ccc(Cl)cc3)n(C[C@H](O)C(F)(F)F)c2=O)n1. The molecule has 2 aromatic heterocycles. The first kappa shape index (κ1) is 27.6. The molecule has 40 heavy (non-hydrogen) atoms. The first-order valence-corrected chi connectivity index (χ1v) is 12.8. The van der Waals surface area contributed by atoms with E-state index in [4.69, 9.17) is 11.6 Å². The monoisotopic (exact) mass is 575 g/mol. The van der Waals surface area contributed by atoms with Gasteiger partial charge < -0.3 is 10.0 Å². The molecule has 2 heterocycles. The Kier molecular flexibility index (Phi) is 7.51. The van der Waals surface area contributed by atoms with Gasteiger partial charge in [-0.3, -0.25) is 9.36 Å². The number of aromatic nitrogens is 6. The van der Waals surface area contributed by atoms with E-state index in [0.717, 1.165) is 22.1 Å². The van der Waals surface area contributed by atoms with Gasteiger partial charge in [0.05, 0.1) is 17.8 Å². The van der Waals surface area contributed by atoms with Crippen molar-refractivity contribution in [3.8, 4) is 17.1 Å². The van der Waals surface area contributed by atoms with E-state index in [1.54, 1.807) is 36.2 Å². The van der Waals surface area contributed by atoms with Crippen molar-refractivity contribution in [3.63, 3.8) is 0 Å². The molecule has 1 amide bonds. The number of aliphatic hydroxyl groups excluding tert-OH is 1. The van der Waals surface area contributed by atoms with Crippen LogP contribution < -0.4 is 5.69 Å². The molecule has 0 spiro atoms. The second-order valence-corrected chi connectivity index (χ2v) is 10.1. The zero-order chi connectivity index (χ0) is 28.6. The van der Waals surface area contributed by atoms with Gasteiger partial charge >= 0.3 is 11.9 Å². The van der Waals surface area contributed by atoms with Gasteiger partial charge in [0.25, 0.3) is 5.91 Å². The third-order valence-electron chi connectivity index (χ3n) is 6.55. The first-order valence-electron chi connectivity index (χ1n) is 12.4. The predicted octanol–water partition coefficient (Wildman–Crippen LogP) is 3.40. The minimum Gasteiger partial charge on any atom is -0.382 e. The molecule has 14 heteroatoms. The van der Waals surface area contributed by atoms with Crippen LogP contribution in [0.5, 0.6) is 0 Å². The topological polar surface area (TPSA) is 111 Å². The molecular weight excluding hydrogens is 551 g/mol. The van der Waals surface area contributed by atoms with Gasteiger partial charge in [-0.2, -0.15) is 13.2 Å². The zero-order valence-corrected chi connectivity index (χ0v) is 22.0. The number of carbonyl (C=O) groups is 1. The lowest BCUT2D eigenvalue weighted by Crippen LogP contribution is -2.37. The van der Waals surface area contributed by atoms with Crippen LogP contribution in [-0.2, 0) is 13.1 Å². The van der Waals surface area contributed by atoms with Crippen molar-refractivity contribution in [2.75, 3.05) is 13.6 Å². The van der Waals surface area contributed by atoms with E-state index in [1.807, 2.05) is 0 Å². The average molecular weight is 576 g/mol. The van der Waals surface area contributed by atoms with Gasteiger partial charge in [-0.25, -0.2) is 19.1 Å². The van der Waals surface area contributed by atoms with E-state index >= 15 is 0 Å². The van der Waals surface area contributed by atoms with Crippen LogP contribution in [0.3, 0.4) is 0 Å². The highest BCUT2D eigenvalue weighted by Gasteiger charge is 2.39. The summed E-state index contributed by atoms with van der Waals surface area (Å²) in [5.74, 6) is 0.413. The number of amides is 1. The fourth-order valence-corrected chi connectivity index (χ4v) is 4.37. The van der Waals surface area contributed by atoms with Crippen LogP contribution in [-0.4, -0.2) is 70.9 Å². The molecule has 5 rings (SSSR count). The molecular formula is C26H25ClF3N7O3. The van der Waals surface area contributed by atoms with Crippen LogP contribution in [0.1, 0.15) is 29.0 Å². The molecule has 1 fully saturated rings. The number of nitrogens with zero attached hydrogens (tertiary/aromatic N) is 7. The summed E-state index contributed by atoms with van der Waals surface area (Å²) in [5.41, 5.74) is 0.356. The molecule has 1 aliphatic carbocycles. The van der Waals surface area contributed by atoms with E-state index in [1.165, 1.54) is 35.3 Å². The van der Waals surface area contributed by atoms with Gasteiger partial charge in [0.15, 0.2) is 17.8 Å². The van der Waals surface area contributed by atoms with Crippen LogP contribution in [0.2, 0.25) is 5.02 Å². The summed E-state index contributed by atoms with van der Waals surface area (Å²) in [5, 5.41) is 18.7. The van der Waals surface area contributed by atoms with Gasteiger partial charge in [-0.15, -0.1) is 10.2 Å². The van der Waals surface area contributed by atoms with Crippen molar-refractivity contribution in [1.82, 2.24) is 34.0 Å². The van der Waals surface area contributed by atoms with E-state index < -0.39 is 24.5 Å². The van der Waals surface area contributed by atoms with Crippen LogP contribution in [0.25, 0.3) is 17.1 Å². The molecule has 1 aliphatic rings. The summed E-state index contributed by atoms with van der Waals surface area (Å²) in [6.07, 6.45) is -4.11. The molecule has 0 unspecified atom stereocenters. The molecule has 1 atom stereocenters. The fraction of sp³-hybridized carbons (Fsp3) is 0.346. The lowest BCUT2D eigenvalue weighted by atomic mass is 10.1. The number of rotatable bonds is 9. The Morgan fingerprint density at radius 1 is 1.15 bits per heavy atom. The highest BCUT2D eigenvalue weighted by Crippen LogP contribution is 2.30. The van der Waals surface area contributed by atoms with Gasteiger partial charge in [0.2, 0.25) is 0 Å². The maximum atomic E-state index is 13.1. The summed E-state index contributed by atoms with van der Waals surface area (Å²) < 4.78 is 42.4. The Balaban J connectivity index is 1.44. The zero-order valence-electron chi connectivity index (χ0n) is 21.3. The third-order valence-corrected chi connectivity index (χ3v) is 6.80. The molecule has 10 nitrogen and oxygen atoms in total. The number of aliphatic hydroxyl groups is 1. The van der Waals surface area contributed by atoms with Crippen LogP contribution in [0, 0.1) is 5.92 Å². The van der Waals surface area contributed by atoms with Gasteiger partial charge in [-0.05, 0) is 55.2 Å². The Morgan fingerprint density at radius 2 is 1.85 bits per heavy atom. The second kappa shape index (κ2) is 10.9. The van der Waals surface area contributed by atoms with E-state index in [2.05, 4.69) is 15.2 Å². The quantitative estimate of drug-likeness (QED) is 0.327. The third kappa shape index (κ3) is 5.94. The van der Waals surface area contributed by atoms with Crippen LogP contribution in [0.15, 0.2) is 59.7 Å². The van der Waals surface area contributed by atoms with Crippen molar-refractivity contribution in [3.05, 3.63) is 81.8 Å². The molecule has 4 aromatic rings. The minimum atomic E-state index is -4.93. The number of para-hydroxylation sites is 1. The molecule has 0 bridgehead atoms. The van der Waals surface area contributed by atoms with E-state index in [-0.39, 0.29) is 24.1 Å². The van der Waals surface area contributed by atoms with Crippen LogP contribution >= 0.6 is 11.6 Å². The average Bonchev–Trinajstić information content (AvgIpc) is 3.53. The molecule has 1 saturated carbocycles. The molecule has 0 radical (unpaired) electrons. The Bertz CT molecular complexity index is 1580. The van der Waals surface area contributed by atoms with Crippen molar-refractivity contribution < 1.29 is 23.1 Å². The molecule has 0 aliphatic heterocycles. The molecule has 210 valence electrons. The first-order chi connectivity index (χ1) is 19.0. The summed E-state index contributed by atoms with van der Waals surface area (Å²) in [4.78, 5) is 32.1. The summed E-state index contributed by atoms with van der Waals surface area (Å²) in [7, 11) is 1.75. The van der Waals surface area contributed by atoms with Gasteiger partial charge in [0, 0.05) is 24.2 Å². The largest absolute Gasteiger partial charge is 0.416 e. The standard InChI is InChI=1S/C26H25ClF3N7O3/c1-34(12-16-6-7-16)24(39)19-4-2-3-5-20(19)37-15-31-22(32-37)14-36-25(40)35(13-21(38)26(28,29)30)23(33-36)17-8-10-18(27)11-9-17/h2-5,8-11,15-16,21,38H,6-7,12-14H2,1H3/t21-/m0/s1. The Morgan fingerprint density at radius 3 is 2.52 bits per heavy atom.